The molecule has 0 aromatic heterocycles. The second kappa shape index (κ2) is 8.15. The van der Waals surface area contributed by atoms with Gasteiger partial charge < -0.3 is 9.64 Å². The maximum atomic E-state index is 13.1. The third-order valence-corrected chi connectivity index (χ3v) is 6.08. The van der Waals surface area contributed by atoms with Crippen LogP contribution in [-0.4, -0.2) is 38.1 Å². The molecule has 28 heavy (non-hydrogen) atoms. The number of hydrogen-bond acceptors (Lipinski definition) is 3. The lowest BCUT2D eigenvalue weighted by Crippen LogP contribution is -3.17. The molecule has 0 bridgehead atoms. The number of hydrogen-bond donors (Lipinski definition) is 1. The molecule has 0 unspecified atom stereocenters. The van der Waals surface area contributed by atoms with Crippen LogP contribution in [0.5, 0.6) is 5.75 Å². The summed E-state index contributed by atoms with van der Waals surface area (Å²) in [5.74, 6) is 0.995. The lowest BCUT2D eigenvalue weighted by molar-refractivity contribution is -0.920. The molecule has 4 rings (SSSR count). The van der Waals surface area contributed by atoms with Crippen LogP contribution < -0.4 is 14.5 Å². The van der Waals surface area contributed by atoms with Crippen molar-refractivity contribution in [3.05, 3.63) is 60.2 Å². The average molecular weight is 379 g/mol. The number of amides is 2. The topological polar surface area (TPSA) is 51.0 Å². The quantitative estimate of drug-likeness (QED) is 0.807. The van der Waals surface area contributed by atoms with Crippen LogP contribution in [-0.2, 0) is 16.0 Å². The van der Waals surface area contributed by atoms with E-state index in [4.69, 9.17) is 4.74 Å². The summed E-state index contributed by atoms with van der Waals surface area (Å²) in [5.41, 5.74) is 1.94. The summed E-state index contributed by atoms with van der Waals surface area (Å²) in [4.78, 5) is 28.3. The third kappa shape index (κ3) is 3.67. The van der Waals surface area contributed by atoms with Gasteiger partial charge in [0, 0.05) is 0 Å². The molecule has 5 nitrogen and oxygen atoms in total. The number of carbonyl (C=O) groups excluding carboxylic acids is 2. The lowest BCUT2D eigenvalue weighted by atomic mass is 9.89. The Morgan fingerprint density at radius 3 is 2.39 bits per heavy atom. The highest BCUT2D eigenvalue weighted by molar-refractivity contribution is 6.22. The highest BCUT2D eigenvalue weighted by Crippen LogP contribution is 2.31. The van der Waals surface area contributed by atoms with Crippen molar-refractivity contribution in [3.63, 3.8) is 0 Å². The fourth-order valence-corrected chi connectivity index (χ4v) is 4.57. The van der Waals surface area contributed by atoms with Crippen LogP contribution in [0.15, 0.2) is 54.6 Å². The van der Waals surface area contributed by atoms with Gasteiger partial charge in [-0.25, -0.2) is 4.90 Å². The Balaban J connectivity index is 1.41. The second-order valence-corrected chi connectivity index (χ2v) is 7.79. The van der Waals surface area contributed by atoms with E-state index in [0.29, 0.717) is 17.4 Å². The Kier molecular flexibility index (Phi) is 5.44. The van der Waals surface area contributed by atoms with Crippen LogP contribution in [0.2, 0.25) is 0 Å². The van der Waals surface area contributed by atoms with Gasteiger partial charge in [0.05, 0.1) is 32.3 Å². The minimum atomic E-state index is -0.268. The second-order valence-electron chi connectivity index (χ2n) is 7.79. The highest BCUT2D eigenvalue weighted by atomic mass is 16.5. The summed E-state index contributed by atoms with van der Waals surface area (Å²) in [6, 6.07) is 17.6. The zero-order valence-electron chi connectivity index (χ0n) is 16.3. The molecule has 2 aliphatic heterocycles. The zero-order valence-corrected chi connectivity index (χ0v) is 16.3. The van der Waals surface area contributed by atoms with E-state index >= 15 is 0 Å². The molecule has 2 aliphatic rings. The largest absolute Gasteiger partial charge is 0.495 e. The molecule has 5 heteroatoms. The molecule has 2 heterocycles. The minimum absolute atomic E-state index is 0.0917. The van der Waals surface area contributed by atoms with Gasteiger partial charge >= 0.3 is 0 Å². The first-order valence-corrected chi connectivity index (χ1v) is 10.1. The Bertz CT molecular complexity index is 844. The maximum Gasteiger partial charge on any atom is 0.292 e. The molecule has 2 aromatic rings. The number of rotatable bonds is 5. The first-order valence-electron chi connectivity index (χ1n) is 10.1. The number of piperidine rings is 1. The van der Waals surface area contributed by atoms with Crippen LogP contribution >= 0.6 is 0 Å². The first-order chi connectivity index (χ1) is 13.7. The number of carbonyl (C=O) groups is 2. The van der Waals surface area contributed by atoms with E-state index in [1.165, 1.54) is 15.4 Å². The monoisotopic (exact) mass is 379 g/mol. The number of nitrogens with zero attached hydrogens (tertiary/aromatic N) is 1. The first kappa shape index (κ1) is 18.7. The van der Waals surface area contributed by atoms with Crippen LogP contribution in [0.25, 0.3) is 0 Å². The summed E-state index contributed by atoms with van der Waals surface area (Å²) in [5, 5.41) is 0. The Morgan fingerprint density at radius 1 is 1.00 bits per heavy atom. The Hall–Kier alpha value is -2.66. The normalized spacial score (nSPS) is 25.2. The van der Waals surface area contributed by atoms with Gasteiger partial charge in [-0.15, -0.1) is 0 Å². The summed E-state index contributed by atoms with van der Waals surface area (Å²) in [7, 11) is 1.56. The fraction of sp³-hybridized carbons (Fsp3) is 0.391. The van der Waals surface area contributed by atoms with Crippen molar-refractivity contribution < 1.29 is 19.2 Å². The van der Waals surface area contributed by atoms with Gasteiger partial charge in [-0.2, -0.15) is 0 Å². The Morgan fingerprint density at radius 2 is 1.68 bits per heavy atom. The molecule has 0 spiro atoms. The predicted octanol–water partition coefficient (Wildman–Crippen LogP) is 1.86. The van der Waals surface area contributed by atoms with Gasteiger partial charge in [0.2, 0.25) is 5.91 Å². The van der Waals surface area contributed by atoms with Gasteiger partial charge in [-0.05, 0) is 42.9 Å². The number of imide groups is 1. The SMILES string of the molecule is COc1ccccc1N1C(=O)C[C@H]([NH+]2CCC(Cc3ccccc3)CC2)C1=O. The minimum Gasteiger partial charge on any atom is -0.495 e. The number of likely N-dealkylation sites (tertiary alicyclic amines) is 1. The molecule has 2 aromatic carbocycles. The van der Waals surface area contributed by atoms with Crippen LogP contribution in [0.4, 0.5) is 5.69 Å². The molecule has 2 amide bonds. The summed E-state index contributed by atoms with van der Waals surface area (Å²) < 4.78 is 5.35. The molecule has 0 radical (unpaired) electrons. The van der Waals surface area contributed by atoms with Crippen molar-refractivity contribution >= 4 is 17.5 Å². The van der Waals surface area contributed by atoms with Crippen molar-refractivity contribution in [2.45, 2.75) is 31.7 Å². The molecule has 2 fully saturated rings. The molecule has 1 N–H and O–H groups in total. The van der Waals surface area contributed by atoms with Gasteiger partial charge in [0.15, 0.2) is 6.04 Å². The van der Waals surface area contributed by atoms with Gasteiger partial charge in [-0.1, -0.05) is 42.5 Å². The van der Waals surface area contributed by atoms with Crippen molar-refractivity contribution in [3.8, 4) is 5.75 Å². The van der Waals surface area contributed by atoms with E-state index in [2.05, 4.69) is 24.3 Å². The summed E-state index contributed by atoms with van der Waals surface area (Å²) in [6.45, 7) is 1.89. The number of para-hydroxylation sites is 2. The van der Waals surface area contributed by atoms with E-state index in [9.17, 15) is 9.59 Å². The average Bonchev–Trinajstić information content (AvgIpc) is 3.03. The highest BCUT2D eigenvalue weighted by Gasteiger charge is 2.47. The van der Waals surface area contributed by atoms with Crippen molar-refractivity contribution in [2.75, 3.05) is 25.1 Å². The molecule has 0 aliphatic carbocycles. The number of ether oxygens (including phenoxy) is 1. The lowest BCUT2D eigenvalue weighted by Gasteiger charge is -2.32. The van der Waals surface area contributed by atoms with Crippen molar-refractivity contribution in [1.29, 1.82) is 0 Å². The zero-order chi connectivity index (χ0) is 19.5. The van der Waals surface area contributed by atoms with E-state index < -0.39 is 0 Å². The van der Waals surface area contributed by atoms with Gasteiger partial charge in [-0.3, -0.25) is 9.59 Å². The van der Waals surface area contributed by atoms with E-state index in [1.54, 1.807) is 19.2 Å². The molecular weight excluding hydrogens is 352 g/mol. The Labute approximate surface area is 165 Å². The summed E-state index contributed by atoms with van der Waals surface area (Å²) >= 11 is 0. The van der Waals surface area contributed by atoms with Crippen LogP contribution in [0.3, 0.4) is 0 Å². The molecular formula is C23H27N2O3+. The standard InChI is InChI=1S/C23H26N2O3/c1-28-21-10-6-5-9-19(21)25-22(26)16-20(23(25)27)24-13-11-18(12-14-24)15-17-7-3-2-4-8-17/h2-10,18,20H,11-16H2,1H3/p+1/t20-/m0/s1. The van der Waals surface area contributed by atoms with E-state index in [-0.39, 0.29) is 24.3 Å². The molecule has 2 saturated heterocycles. The van der Waals surface area contributed by atoms with Crippen molar-refractivity contribution in [2.24, 2.45) is 5.92 Å². The maximum absolute atomic E-state index is 13.1. The number of quaternary nitrogens is 1. The molecule has 0 saturated carbocycles. The van der Waals surface area contributed by atoms with E-state index in [1.807, 2.05) is 18.2 Å². The molecule has 1 atom stereocenters. The third-order valence-electron chi connectivity index (χ3n) is 6.08. The van der Waals surface area contributed by atoms with Crippen molar-refractivity contribution in [1.82, 2.24) is 0 Å². The fourth-order valence-electron chi connectivity index (χ4n) is 4.57. The number of anilines is 1. The molecule has 146 valence electrons. The number of methoxy groups -OCH3 is 1. The van der Waals surface area contributed by atoms with E-state index in [0.717, 1.165) is 32.4 Å². The number of benzene rings is 2. The number of nitrogens with one attached hydrogen (secondary N) is 1. The van der Waals surface area contributed by atoms with Crippen LogP contribution in [0, 0.1) is 5.92 Å². The van der Waals surface area contributed by atoms with Gasteiger partial charge in [0.1, 0.15) is 5.75 Å². The van der Waals surface area contributed by atoms with Crippen LogP contribution in [0.1, 0.15) is 24.8 Å². The predicted molar refractivity (Wildman–Crippen MR) is 107 cm³/mol. The van der Waals surface area contributed by atoms with Gasteiger partial charge in [0.25, 0.3) is 5.91 Å². The summed E-state index contributed by atoms with van der Waals surface area (Å²) in [6.07, 6.45) is 3.57. The smallest absolute Gasteiger partial charge is 0.292 e.